The summed E-state index contributed by atoms with van der Waals surface area (Å²) >= 11 is 0. The second-order valence-electron chi connectivity index (χ2n) is 6.78. The minimum Gasteiger partial charge on any atom is -0.491 e. The van der Waals surface area contributed by atoms with E-state index in [2.05, 4.69) is 19.1 Å². The SMILES string of the molecule is CCCCCOC(COc1ccc(CC#N)cc1)COc1ccc(CC#N)cc1. The highest BCUT2D eigenvalue weighted by Gasteiger charge is 2.12. The summed E-state index contributed by atoms with van der Waals surface area (Å²) < 4.78 is 17.7. The van der Waals surface area contributed by atoms with E-state index in [1.54, 1.807) is 0 Å². The summed E-state index contributed by atoms with van der Waals surface area (Å²) in [7, 11) is 0. The minimum absolute atomic E-state index is 0.190. The van der Waals surface area contributed by atoms with Crippen molar-refractivity contribution in [3.8, 4) is 23.6 Å². The molecule has 0 radical (unpaired) electrons. The average molecular weight is 392 g/mol. The van der Waals surface area contributed by atoms with Gasteiger partial charge in [0, 0.05) is 6.61 Å². The van der Waals surface area contributed by atoms with Gasteiger partial charge in [0.25, 0.3) is 0 Å². The Bertz CT molecular complexity index is 725. The first-order chi connectivity index (χ1) is 14.2. The van der Waals surface area contributed by atoms with Gasteiger partial charge in [-0.2, -0.15) is 10.5 Å². The topological polar surface area (TPSA) is 75.3 Å². The molecule has 0 fully saturated rings. The van der Waals surface area contributed by atoms with E-state index in [0.29, 0.717) is 32.7 Å². The van der Waals surface area contributed by atoms with Crippen LogP contribution >= 0.6 is 0 Å². The van der Waals surface area contributed by atoms with Crippen LogP contribution in [0.4, 0.5) is 0 Å². The number of unbranched alkanes of at least 4 members (excludes halogenated alkanes) is 2. The Kier molecular flexibility index (Phi) is 10.1. The van der Waals surface area contributed by atoms with Gasteiger partial charge in [0.05, 0.1) is 25.0 Å². The fourth-order valence-corrected chi connectivity index (χ4v) is 2.71. The molecular weight excluding hydrogens is 364 g/mol. The van der Waals surface area contributed by atoms with Gasteiger partial charge in [-0.05, 0) is 41.8 Å². The van der Waals surface area contributed by atoms with Crippen LogP contribution in [-0.4, -0.2) is 25.9 Å². The molecule has 0 atom stereocenters. The molecule has 2 aromatic carbocycles. The van der Waals surface area contributed by atoms with Crippen molar-refractivity contribution in [2.24, 2.45) is 0 Å². The summed E-state index contributed by atoms with van der Waals surface area (Å²) in [6.45, 7) is 3.61. The zero-order valence-electron chi connectivity index (χ0n) is 17.0. The third kappa shape index (κ3) is 8.68. The zero-order chi connectivity index (χ0) is 20.7. The third-order valence-electron chi connectivity index (χ3n) is 4.39. The van der Waals surface area contributed by atoms with Crippen LogP contribution in [-0.2, 0) is 17.6 Å². The second-order valence-corrected chi connectivity index (χ2v) is 6.78. The Morgan fingerprint density at radius 3 is 1.66 bits per heavy atom. The van der Waals surface area contributed by atoms with E-state index in [0.717, 1.165) is 41.9 Å². The molecule has 0 aromatic heterocycles. The van der Waals surface area contributed by atoms with E-state index in [9.17, 15) is 0 Å². The van der Waals surface area contributed by atoms with Crippen molar-refractivity contribution in [1.82, 2.24) is 0 Å². The van der Waals surface area contributed by atoms with Crippen molar-refractivity contribution in [1.29, 1.82) is 10.5 Å². The van der Waals surface area contributed by atoms with Crippen LogP contribution in [0.3, 0.4) is 0 Å². The molecule has 0 heterocycles. The highest BCUT2D eigenvalue weighted by Crippen LogP contribution is 2.16. The maximum atomic E-state index is 8.75. The van der Waals surface area contributed by atoms with Gasteiger partial charge >= 0.3 is 0 Å². The fourth-order valence-electron chi connectivity index (χ4n) is 2.71. The van der Waals surface area contributed by atoms with E-state index in [-0.39, 0.29) is 6.10 Å². The molecule has 0 aliphatic heterocycles. The molecule has 0 aliphatic rings. The number of nitrogens with zero attached hydrogens (tertiary/aromatic N) is 2. The summed E-state index contributed by atoms with van der Waals surface area (Å²) in [4.78, 5) is 0. The van der Waals surface area contributed by atoms with Gasteiger partial charge in [-0.3, -0.25) is 0 Å². The lowest BCUT2D eigenvalue weighted by atomic mass is 10.2. The van der Waals surface area contributed by atoms with E-state index >= 15 is 0 Å². The molecule has 152 valence electrons. The van der Waals surface area contributed by atoms with Crippen molar-refractivity contribution in [2.45, 2.75) is 45.1 Å². The Labute approximate surface area is 173 Å². The smallest absolute Gasteiger partial charge is 0.125 e. The van der Waals surface area contributed by atoms with Crippen molar-refractivity contribution >= 4 is 0 Å². The quantitative estimate of drug-likeness (QED) is 0.455. The number of hydrogen-bond donors (Lipinski definition) is 0. The van der Waals surface area contributed by atoms with Gasteiger partial charge in [-0.25, -0.2) is 0 Å². The number of ether oxygens (including phenoxy) is 3. The van der Waals surface area contributed by atoms with Crippen LogP contribution in [0.25, 0.3) is 0 Å². The summed E-state index contributed by atoms with van der Waals surface area (Å²) in [6.07, 6.45) is 3.89. The lowest BCUT2D eigenvalue weighted by molar-refractivity contribution is -0.00869. The van der Waals surface area contributed by atoms with Crippen LogP contribution in [0.15, 0.2) is 48.5 Å². The first-order valence-electron chi connectivity index (χ1n) is 10.0. The highest BCUT2D eigenvalue weighted by molar-refractivity contribution is 5.29. The molecule has 0 amide bonds. The van der Waals surface area contributed by atoms with E-state index in [4.69, 9.17) is 24.7 Å². The third-order valence-corrected chi connectivity index (χ3v) is 4.39. The molecule has 0 unspecified atom stereocenters. The molecule has 0 saturated carbocycles. The molecule has 29 heavy (non-hydrogen) atoms. The zero-order valence-corrected chi connectivity index (χ0v) is 17.0. The number of rotatable bonds is 13. The van der Waals surface area contributed by atoms with Crippen molar-refractivity contribution in [2.75, 3.05) is 19.8 Å². The molecular formula is C24H28N2O3. The lowest BCUT2D eigenvalue weighted by Crippen LogP contribution is -2.29. The molecule has 5 heteroatoms. The van der Waals surface area contributed by atoms with E-state index in [1.165, 1.54) is 0 Å². The Morgan fingerprint density at radius 2 is 1.24 bits per heavy atom. The molecule has 2 aromatic rings. The Morgan fingerprint density at radius 1 is 0.759 bits per heavy atom. The summed E-state index contributed by atoms with van der Waals surface area (Å²) in [6, 6.07) is 19.3. The Balaban J connectivity index is 1.87. The van der Waals surface area contributed by atoms with Gasteiger partial charge < -0.3 is 14.2 Å². The molecule has 0 bridgehead atoms. The normalized spacial score (nSPS) is 10.3. The maximum Gasteiger partial charge on any atom is 0.125 e. The van der Waals surface area contributed by atoms with Gasteiger partial charge in [-0.1, -0.05) is 44.0 Å². The summed E-state index contributed by atoms with van der Waals surface area (Å²) in [5.41, 5.74) is 1.94. The van der Waals surface area contributed by atoms with Gasteiger partial charge in [0.2, 0.25) is 0 Å². The number of nitriles is 2. The summed E-state index contributed by atoms with van der Waals surface area (Å²) in [5.74, 6) is 1.49. The van der Waals surface area contributed by atoms with Crippen LogP contribution in [0.1, 0.15) is 37.3 Å². The maximum absolute atomic E-state index is 8.75. The van der Waals surface area contributed by atoms with Crippen LogP contribution in [0, 0.1) is 22.7 Å². The standard InChI is InChI=1S/C24H28N2O3/c1-2-3-4-17-27-24(18-28-22-9-5-20(6-10-22)13-15-25)19-29-23-11-7-21(8-12-23)14-16-26/h5-12,24H,2-4,13-14,17-19H2,1H3. The van der Waals surface area contributed by atoms with Gasteiger partial charge in [0.15, 0.2) is 0 Å². The molecule has 0 N–H and O–H groups in total. The first-order valence-corrected chi connectivity index (χ1v) is 10.0. The van der Waals surface area contributed by atoms with Gasteiger partial charge in [0.1, 0.15) is 30.8 Å². The van der Waals surface area contributed by atoms with Crippen molar-refractivity contribution in [3.05, 3.63) is 59.7 Å². The molecule has 2 rings (SSSR count). The second kappa shape index (κ2) is 13.2. The van der Waals surface area contributed by atoms with Crippen LogP contribution in [0.5, 0.6) is 11.5 Å². The van der Waals surface area contributed by atoms with E-state index < -0.39 is 0 Å². The molecule has 0 spiro atoms. The monoisotopic (exact) mass is 392 g/mol. The number of benzene rings is 2. The van der Waals surface area contributed by atoms with Crippen molar-refractivity contribution in [3.63, 3.8) is 0 Å². The minimum atomic E-state index is -0.190. The van der Waals surface area contributed by atoms with Crippen LogP contribution < -0.4 is 9.47 Å². The van der Waals surface area contributed by atoms with Crippen molar-refractivity contribution < 1.29 is 14.2 Å². The fraction of sp³-hybridized carbons (Fsp3) is 0.417. The summed E-state index contributed by atoms with van der Waals surface area (Å²) in [5, 5.41) is 17.5. The largest absolute Gasteiger partial charge is 0.491 e. The molecule has 0 aliphatic carbocycles. The predicted octanol–water partition coefficient (Wildman–Crippen LogP) is 4.85. The van der Waals surface area contributed by atoms with Gasteiger partial charge in [-0.15, -0.1) is 0 Å². The molecule has 5 nitrogen and oxygen atoms in total. The lowest BCUT2D eigenvalue weighted by Gasteiger charge is -2.19. The predicted molar refractivity (Wildman–Crippen MR) is 112 cm³/mol. The number of hydrogen-bond acceptors (Lipinski definition) is 5. The first kappa shape index (κ1) is 22.3. The average Bonchev–Trinajstić information content (AvgIpc) is 2.75. The molecule has 0 saturated heterocycles. The highest BCUT2D eigenvalue weighted by atomic mass is 16.6. The van der Waals surface area contributed by atoms with Crippen LogP contribution in [0.2, 0.25) is 0 Å². The Hall–Kier alpha value is -3.02. The van der Waals surface area contributed by atoms with E-state index in [1.807, 2.05) is 48.5 Å².